The van der Waals surface area contributed by atoms with Gasteiger partial charge in [0.15, 0.2) is 5.76 Å². The Morgan fingerprint density at radius 2 is 1.74 bits per heavy atom. The molecule has 0 spiro atoms. The summed E-state index contributed by atoms with van der Waals surface area (Å²) in [6.45, 7) is 2.99. The van der Waals surface area contributed by atoms with E-state index in [1.54, 1.807) is 10.9 Å². The molecule has 8 heteroatoms. The van der Waals surface area contributed by atoms with E-state index in [2.05, 4.69) is 4.98 Å². The number of nitrogens with zero attached hydrogens (tertiary/aromatic N) is 4. The van der Waals surface area contributed by atoms with Gasteiger partial charge >= 0.3 is 5.69 Å². The first kappa shape index (κ1) is 21.2. The normalized spacial score (nSPS) is 14.6. The van der Waals surface area contributed by atoms with Crippen LogP contribution in [-0.2, 0) is 0 Å². The van der Waals surface area contributed by atoms with Crippen LogP contribution in [0, 0.1) is 6.92 Å². The van der Waals surface area contributed by atoms with Gasteiger partial charge in [0, 0.05) is 25.3 Å². The van der Waals surface area contributed by atoms with Crippen LogP contribution in [0.15, 0.2) is 82.1 Å². The van der Waals surface area contributed by atoms with Crippen molar-refractivity contribution in [1.29, 1.82) is 0 Å². The number of nitrogens with one attached hydrogen (secondary N) is 1. The number of hydrogen-bond acceptors (Lipinski definition) is 4. The van der Waals surface area contributed by atoms with Crippen LogP contribution >= 0.6 is 0 Å². The first-order valence-corrected chi connectivity index (χ1v) is 11.8. The Hall–Kier alpha value is -4.33. The Balaban J connectivity index is 1.28. The van der Waals surface area contributed by atoms with Crippen LogP contribution in [0.4, 0.5) is 0 Å². The molecule has 1 aliphatic heterocycles. The number of fused-ring (bicyclic) bond motifs is 1. The van der Waals surface area contributed by atoms with Crippen LogP contribution in [0.3, 0.4) is 0 Å². The lowest BCUT2D eigenvalue weighted by Gasteiger charge is -2.32. The van der Waals surface area contributed by atoms with Gasteiger partial charge in [0.2, 0.25) is 0 Å². The van der Waals surface area contributed by atoms with Gasteiger partial charge in [-0.3, -0.25) is 9.36 Å². The zero-order chi connectivity index (χ0) is 23.9. The molecule has 1 aliphatic rings. The maximum Gasteiger partial charge on any atom is 0.326 e. The van der Waals surface area contributed by atoms with Gasteiger partial charge in [-0.1, -0.05) is 30.3 Å². The SMILES string of the molecule is Cc1ccc(-c2nn(-c3ccccc3)cc2C(=O)N2CCC(n3c(=O)[nH]c4ccccc43)CC2)o1. The molecule has 0 unspecified atom stereocenters. The smallest absolute Gasteiger partial charge is 0.326 e. The largest absolute Gasteiger partial charge is 0.460 e. The van der Waals surface area contributed by atoms with Crippen molar-refractivity contribution in [2.75, 3.05) is 13.1 Å². The topological polar surface area (TPSA) is 89.1 Å². The molecule has 35 heavy (non-hydrogen) atoms. The number of carbonyl (C=O) groups is 1. The second-order valence-electron chi connectivity index (χ2n) is 8.92. The summed E-state index contributed by atoms with van der Waals surface area (Å²) in [7, 11) is 0. The maximum absolute atomic E-state index is 13.7. The molecule has 8 nitrogen and oxygen atoms in total. The second-order valence-corrected chi connectivity index (χ2v) is 8.92. The first-order chi connectivity index (χ1) is 17.1. The van der Waals surface area contributed by atoms with Gasteiger partial charge in [-0.15, -0.1) is 0 Å². The molecule has 1 N–H and O–H groups in total. The molecule has 0 radical (unpaired) electrons. The number of likely N-dealkylation sites (tertiary alicyclic amines) is 1. The summed E-state index contributed by atoms with van der Waals surface area (Å²) in [5, 5.41) is 4.71. The van der Waals surface area contributed by atoms with Crippen LogP contribution in [0.25, 0.3) is 28.2 Å². The third-order valence-electron chi connectivity index (χ3n) is 6.68. The Morgan fingerprint density at radius 3 is 2.49 bits per heavy atom. The molecule has 5 aromatic rings. The molecule has 1 amide bonds. The average molecular weight is 468 g/mol. The summed E-state index contributed by atoms with van der Waals surface area (Å²) in [5.41, 5.74) is 3.54. The summed E-state index contributed by atoms with van der Waals surface area (Å²) >= 11 is 0. The Kier molecular flexibility index (Phi) is 5.13. The van der Waals surface area contributed by atoms with Crippen molar-refractivity contribution in [2.24, 2.45) is 0 Å². The van der Waals surface area contributed by atoms with Gasteiger partial charge in [0.05, 0.1) is 22.3 Å². The number of H-pyrrole nitrogens is 1. The van der Waals surface area contributed by atoms with Crippen molar-refractivity contribution in [3.63, 3.8) is 0 Å². The highest BCUT2D eigenvalue weighted by Gasteiger charge is 2.30. The molecular weight excluding hydrogens is 442 g/mol. The van der Waals surface area contributed by atoms with Crippen LogP contribution < -0.4 is 5.69 Å². The van der Waals surface area contributed by atoms with E-state index in [-0.39, 0.29) is 17.6 Å². The minimum Gasteiger partial charge on any atom is -0.460 e. The first-order valence-electron chi connectivity index (χ1n) is 11.8. The molecule has 6 rings (SSSR count). The van der Waals surface area contributed by atoms with E-state index in [1.165, 1.54) is 0 Å². The quantitative estimate of drug-likeness (QED) is 0.420. The Morgan fingerprint density at radius 1 is 1.00 bits per heavy atom. The molecular formula is C27H25N5O3. The van der Waals surface area contributed by atoms with E-state index in [9.17, 15) is 9.59 Å². The monoisotopic (exact) mass is 467 g/mol. The lowest BCUT2D eigenvalue weighted by Crippen LogP contribution is -2.40. The number of benzene rings is 2. The van der Waals surface area contributed by atoms with Gasteiger partial charge in [0.1, 0.15) is 11.5 Å². The van der Waals surface area contributed by atoms with E-state index in [1.807, 2.05) is 83.1 Å². The predicted octanol–water partition coefficient (Wildman–Crippen LogP) is 4.56. The number of piperidine rings is 1. The van der Waals surface area contributed by atoms with Gasteiger partial charge < -0.3 is 14.3 Å². The van der Waals surface area contributed by atoms with E-state index in [0.29, 0.717) is 42.9 Å². The van der Waals surface area contributed by atoms with E-state index in [4.69, 9.17) is 9.52 Å². The number of amides is 1. The molecule has 4 heterocycles. The van der Waals surface area contributed by atoms with Crippen molar-refractivity contribution in [1.82, 2.24) is 24.2 Å². The molecule has 0 bridgehead atoms. The van der Waals surface area contributed by atoms with Crippen LogP contribution in [0.5, 0.6) is 0 Å². The summed E-state index contributed by atoms with van der Waals surface area (Å²) in [4.78, 5) is 31.1. The number of rotatable bonds is 4. The van der Waals surface area contributed by atoms with E-state index in [0.717, 1.165) is 22.5 Å². The number of aromatic amines is 1. The van der Waals surface area contributed by atoms with E-state index >= 15 is 0 Å². The van der Waals surface area contributed by atoms with Crippen LogP contribution in [0.2, 0.25) is 0 Å². The highest BCUT2D eigenvalue weighted by Crippen LogP contribution is 2.30. The molecule has 0 atom stereocenters. The van der Waals surface area contributed by atoms with Gasteiger partial charge in [-0.2, -0.15) is 5.10 Å². The third kappa shape index (κ3) is 3.77. The standard InChI is InChI=1S/C27H25N5O3/c1-18-11-12-24(35-18)25-21(17-31(29-25)19-7-3-2-4-8-19)26(33)30-15-13-20(14-16-30)32-23-10-6-5-9-22(23)28-27(32)34/h2-12,17,20H,13-16H2,1H3,(H,28,34). The summed E-state index contributed by atoms with van der Waals surface area (Å²) in [6, 6.07) is 21.2. The van der Waals surface area contributed by atoms with Crippen molar-refractivity contribution in [3.8, 4) is 17.1 Å². The fraction of sp³-hybridized carbons (Fsp3) is 0.222. The second kappa shape index (κ2) is 8.47. The Labute approximate surface area is 201 Å². The van der Waals surface area contributed by atoms with Crippen molar-refractivity contribution >= 4 is 16.9 Å². The third-order valence-corrected chi connectivity index (χ3v) is 6.68. The zero-order valence-electron chi connectivity index (χ0n) is 19.3. The fourth-order valence-electron chi connectivity index (χ4n) is 4.92. The fourth-order valence-corrected chi connectivity index (χ4v) is 4.92. The van der Waals surface area contributed by atoms with Crippen LogP contribution in [-0.4, -0.2) is 43.2 Å². The number of furan rings is 1. The maximum atomic E-state index is 13.7. The van der Waals surface area contributed by atoms with Crippen LogP contribution in [0.1, 0.15) is 35.0 Å². The minimum absolute atomic E-state index is 0.0435. The molecule has 0 saturated carbocycles. The van der Waals surface area contributed by atoms with Gasteiger partial charge in [-0.25, -0.2) is 9.48 Å². The highest BCUT2D eigenvalue weighted by molar-refractivity contribution is 5.99. The molecule has 1 saturated heterocycles. The lowest BCUT2D eigenvalue weighted by molar-refractivity contribution is 0.0695. The van der Waals surface area contributed by atoms with Crippen molar-refractivity contribution < 1.29 is 9.21 Å². The summed E-state index contributed by atoms with van der Waals surface area (Å²) < 4.78 is 9.38. The summed E-state index contributed by atoms with van der Waals surface area (Å²) in [6.07, 6.45) is 3.19. The number of aromatic nitrogens is 4. The van der Waals surface area contributed by atoms with Crippen molar-refractivity contribution in [2.45, 2.75) is 25.8 Å². The number of hydrogen-bond donors (Lipinski definition) is 1. The summed E-state index contributed by atoms with van der Waals surface area (Å²) in [5.74, 6) is 1.25. The Bertz CT molecular complexity index is 1570. The molecule has 3 aromatic heterocycles. The number of para-hydroxylation sites is 3. The molecule has 1 fully saturated rings. The van der Waals surface area contributed by atoms with Crippen molar-refractivity contribution in [3.05, 3.63) is 94.7 Å². The highest BCUT2D eigenvalue weighted by atomic mass is 16.3. The van der Waals surface area contributed by atoms with Gasteiger partial charge in [-0.05, 0) is 56.2 Å². The van der Waals surface area contributed by atoms with E-state index < -0.39 is 0 Å². The molecule has 2 aromatic carbocycles. The minimum atomic E-state index is -0.101. The molecule has 176 valence electrons. The van der Waals surface area contributed by atoms with Gasteiger partial charge in [0.25, 0.3) is 5.91 Å². The lowest BCUT2D eigenvalue weighted by atomic mass is 10.0. The zero-order valence-corrected chi connectivity index (χ0v) is 19.3. The predicted molar refractivity (Wildman–Crippen MR) is 133 cm³/mol. The number of aryl methyl sites for hydroxylation is 1. The average Bonchev–Trinajstić information content (AvgIpc) is 3.60. The number of imidazole rings is 1. The number of carbonyl (C=O) groups excluding carboxylic acids is 1. The molecule has 0 aliphatic carbocycles.